The van der Waals surface area contributed by atoms with Crippen molar-refractivity contribution in [3.8, 4) is 0 Å². The summed E-state index contributed by atoms with van der Waals surface area (Å²) >= 11 is 0. The highest BCUT2D eigenvalue weighted by Crippen LogP contribution is 2.28. The summed E-state index contributed by atoms with van der Waals surface area (Å²) in [6.07, 6.45) is 2.05. The highest BCUT2D eigenvalue weighted by molar-refractivity contribution is 6.77. The molecule has 1 radical (unpaired) electrons. The van der Waals surface area contributed by atoms with E-state index in [1.165, 1.54) is 16.3 Å². The smallest absolute Gasteiger partial charge is 0.0791 e. The first kappa shape index (κ1) is 16.9. The van der Waals surface area contributed by atoms with Crippen molar-refractivity contribution in [1.29, 1.82) is 0 Å². The van der Waals surface area contributed by atoms with Gasteiger partial charge >= 0.3 is 0 Å². The molecule has 1 nitrogen and oxygen atoms in total. The second kappa shape index (κ2) is 7.20. The molecule has 2 aromatic carbocycles. The molecule has 0 heterocycles. The summed E-state index contributed by atoms with van der Waals surface area (Å²) in [4.78, 5) is 4.96. The Kier molecular flexibility index (Phi) is 5.54. The van der Waals surface area contributed by atoms with Gasteiger partial charge in [-0.05, 0) is 11.1 Å². The fraction of sp³-hybridized carbons (Fsp3) is 0.316. The molecule has 0 saturated heterocycles. The number of aliphatic imine (C=N–C) groups is 1. The molecular weight excluding hydrogens is 298 g/mol. The van der Waals surface area contributed by atoms with Crippen molar-refractivity contribution < 1.29 is 0 Å². The molecule has 0 N–H and O–H groups in total. The molecule has 1 unspecified atom stereocenters. The van der Waals surface area contributed by atoms with Gasteiger partial charge in [-0.2, -0.15) is 0 Å². The fourth-order valence-corrected chi connectivity index (χ4v) is 5.06. The summed E-state index contributed by atoms with van der Waals surface area (Å²) in [5.41, 5.74) is 2.85. The molecule has 0 spiro atoms. The van der Waals surface area contributed by atoms with E-state index < -0.39 is 8.07 Å². The molecule has 1 atom stereocenters. The molecule has 3 heteroatoms. The minimum Gasteiger partial charge on any atom is -0.288 e. The number of hydrogen-bond acceptors (Lipinski definition) is 1. The van der Waals surface area contributed by atoms with Crippen molar-refractivity contribution in [2.24, 2.45) is 4.99 Å². The van der Waals surface area contributed by atoms with Crippen molar-refractivity contribution >= 4 is 28.3 Å². The van der Waals surface area contributed by atoms with Crippen LogP contribution in [-0.4, -0.2) is 23.1 Å². The molecule has 0 saturated carbocycles. The number of nitrogens with zero attached hydrogens (tertiary/aromatic N) is 1. The van der Waals surface area contributed by atoms with Gasteiger partial charge in [0.25, 0.3) is 0 Å². The van der Waals surface area contributed by atoms with Gasteiger partial charge in [-0.25, -0.2) is 0 Å². The molecule has 0 amide bonds. The number of hydrogen-bond donors (Lipinski definition) is 0. The third kappa shape index (κ3) is 4.52. The third-order valence-electron chi connectivity index (χ3n) is 3.80. The lowest BCUT2D eigenvalue weighted by Gasteiger charge is -2.25. The van der Waals surface area contributed by atoms with Crippen LogP contribution in [0.4, 0.5) is 0 Å². The summed E-state index contributed by atoms with van der Waals surface area (Å²) in [6, 6.07) is 19.6. The van der Waals surface area contributed by atoms with Gasteiger partial charge in [0, 0.05) is 6.21 Å². The van der Waals surface area contributed by atoms with E-state index in [0.717, 1.165) is 0 Å². The first-order valence-electron chi connectivity index (χ1n) is 7.86. The van der Waals surface area contributed by atoms with E-state index in [4.69, 9.17) is 4.99 Å². The van der Waals surface area contributed by atoms with E-state index >= 15 is 0 Å². The predicted molar refractivity (Wildman–Crippen MR) is 104 cm³/mol. The first-order valence-corrected chi connectivity index (χ1v) is 13.9. The molecule has 22 heavy (non-hydrogen) atoms. The Morgan fingerprint density at radius 3 is 2.00 bits per heavy atom. The zero-order valence-electron chi connectivity index (χ0n) is 14.3. The molecule has 0 fully saturated rings. The van der Waals surface area contributed by atoms with Crippen LogP contribution < -0.4 is 5.19 Å². The predicted octanol–water partition coefficient (Wildman–Crippen LogP) is 4.69. The van der Waals surface area contributed by atoms with Crippen LogP contribution in [0.25, 0.3) is 0 Å². The summed E-state index contributed by atoms with van der Waals surface area (Å²) < 4.78 is 0. The Balaban J connectivity index is 2.24. The Morgan fingerprint density at radius 2 is 1.50 bits per heavy atom. The maximum Gasteiger partial charge on any atom is 0.0791 e. The maximum atomic E-state index is 4.96. The summed E-state index contributed by atoms with van der Waals surface area (Å²) in [6.45, 7) is 11.8. The van der Waals surface area contributed by atoms with Crippen LogP contribution in [0.15, 0.2) is 59.6 Å². The molecule has 0 aliphatic carbocycles. The van der Waals surface area contributed by atoms with Crippen molar-refractivity contribution in [3.63, 3.8) is 0 Å². The van der Waals surface area contributed by atoms with Gasteiger partial charge in [0.2, 0.25) is 0 Å². The fourth-order valence-electron chi connectivity index (χ4n) is 2.51. The second-order valence-electron chi connectivity index (χ2n) is 7.08. The molecule has 0 aliphatic heterocycles. The maximum absolute atomic E-state index is 4.96. The minimum atomic E-state index is -1.40. The average molecular weight is 325 g/mol. The molecule has 0 bridgehead atoms. The van der Waals surface area contributed by atoms with E-state index in [1.54, 1.807) is 0 Å². The van der Waals surface area contributed by atoms with Crippen molar-refractivity contribution in [3.05, 3.63) is 65.7 Å². The lowest BCUT2D eigenvalue weighted by Crippen LogP contribution is -2.29. The largest absolute Gasteiger partial charge is 0.288 e. The van der Waals surface area contributed by atoms with Crippen molar-refractivity contribution in [2.75, 3.05) is 0 Å². The van der Waals surface area contributed by atoms with Crippen molar-refractivity contribution in [2.45, 2.75) is 38.4 Å². The van der Waals surface area contributed by atoms with Gasteiger partial charge in [0.05, 0.1) is 22.5 Å². The number of rotatable bonds is 5. The molecule has 2 rings (SSSR count). The standard InChI is InChI=1S/C19H26NSi2/c1-21(2)18-13-11-16(12-14-18)15-20-19(22(3,4)5)17-9-7-6-8-10-17/h6-15,19H,1-5H3/b20-15+. The zero-order chi connectivity index (χ0) is 16.2. The Hall–Kier alpha value is -1.46. The van der Waals surface area contributed by atoms with Gasteiger partial charge in [-0.3, -0.25) is 4.99 Å². The zero-order valence-corrected chi connectivity index (χ0v) is 16.3. The summed E-state index contributed by atoms with van der Waals surface area (Å²) in [7, 11) is -1.77. The normalized spacial score (nSPS) is 13.7. The van der Waals surface area contributed by atoms with Crippen LogP contribution in [-0.2, 0) is 0 Å². The van der Waals surface area contributed by atoms with Gasteiger partial charge < -0.3 is 0 Å². The average Bonchev–Trinajstić information content (AvgIpc) is 2.47. The molecule has 2 aromatic rings. The molecule has 0 aliphatic rings. The van der Waals surface area contributed by atoms with Crippen LogP contribution in [0.5, 0.6) is 0 Å². The number of benzene rings is 2. The molecular formula is C19H26NSi2. The van der Waals surface area contributed by atoms with Gasteiger partial charge in [0.1, 0.15) is 0 Å². The van der Waals surface area contributed by atoms with Crippen molar-refractivity contribution in [1.82, 2.24) is 0 Å². The highest BCUT2D eigenvalue weighted by Gasteiger charge is 2.27. The second-order valence-corrected chi connectivity index (χ2v) is 14.9. The monoisotopic (exact) mass is 324 g/mol. The van der Waals surface area contributed by atoms with Gasteiger partial charge in [-0.15, -0.1) is 0 Å². The van der Waals surface area contributed by atoms with E-state index in [-0.39, 0.29) is 8.80 Å². The first-order chi connectivity index (χ1) is 10.4. The van der Waals surface area contributed by atoms with Crippen LogP contribution in [0.3, 0.4) is 0 Å². The lowest BCUT2D eigenvalue weighted by molar-refractivity contribution is 0.967. The highest BCUT2D eigenvalue weighted by atomic mass is 28.3. The van der Waals surface area contributed by atoms with Gasteiger partial charge in [-0.1, -0.05) is 92.5 Å². The van der Waals surface area contributed by atoms with E-state index in [9.17, 15) is 0 Å². The van der Waals surface area contributed by atoms with E-state index in [0.29, 0.717) is 5.67 Å². The van der Waals surface area contributed by atoms with Gasteiger partial charge in [0.15, 0.2) is 0 Å². The third-order valence-corrected chi connectivity index (χ3v) is 7.41. The van der Waals surface area contributed by atoms with Crippen LogP contribution >= 0.6 is 0 Å². The topological polar surface area (TPSA) is 12.4 Å². The summed E-state index contributed by atoms with van der Waals surface area (Å²) in [5, 5.41) is 1.48. The summed E-state index contributed by atoms with van der Waals surface area (Å²) in [5.74, 6) is 0. The quantitative estimate of drug-likeness (QED) is 0.559. The van der Waals surface area contributed by atoms with E-state index in [2.05, 4.69) is 93.5 Å². The Morgan fingerprint density at radius 1 is 0.909 bits per heavy atom. The van der Waals surface area contributed by atoms with Crippen LogP contribution in [0, 0.1) is 0 Å². The van der Waals surface area contributed by atoms with E-state index in [1.807, 2.05) is 0 Å². The van der Waals surface area contributed by atoms with Crippen LogP contribution in [0.1, 0.15) is 16.8 Å². The Bertz CT molecular complexity index is 610. The lowest BCUT2D eigenvalue weighted by atomic mass is 10.2. The minimum absolute atomic E-state index is 0.311. The molecule has 115 valence electrons. The SMILES string of the molecule is C[Si](C)c1ccc(/C=N/C(c2ccccc2)[Si](C)(C)C)cc1. The Labute approximate surface area is 137 Å². The molecule has 0 aromatic heterocycles. The van der Waals surface area contributed by atoms with Crippen LogP contribution in [0.2, 0.25) is 32.7 Å².